The fraction of sp³-hybridized carbons (Fsp3) is 0.125. The molecule has 1 N–H and O–H groups in total. The maximum absolute atomic E-state index is 12.0. The molecule has 0 bridgehead atoms. The Morgan fingerprint density at radius 3 is 2.67 bits per heavy atom. The van der Waals surface area contributed by atoms with Gasteiger partial charge in [0.1, 0.15) is 6.54 Å². The van der Waals surface area contributed by atoms with Crippen molar-refractivity contribution in [3.05, 3.63) is 74.8 Å². The van der Waals surface area contributed by atoms with Crippen molar-refractivity contribution in [1.29, 1.82) is 0 Å². The first kappa shape index (κ1) is 15.5. The predicted octanol–water partition coefficient (Wildman–Crippen LogP) is 1.82. The number of non-ortho nitro benzene ring substituents is 1. The van der Waals surface area contributed by atoms with Crippen LogP contribution in [0.2, 0.25) is 0 Å². The molecule has 8 nitrogen and oxygen atoms in total. The third-order valence-corrected chi connectivity index (χ3v) is 3.50. The molecule has 0 atom stereocenters. The highest BCUT2D eigenvalue weighted by Crippen LogP contribution is 2.19. The second kappa shape index (κ2) is 6.37. The molecule has 0 saturated heterocycles. The molecule has 0 aliphatic carbocycles. The van der Waals surface area contributed by atoms with Crippen LogP contribution in [0.15, 0.2) is 57.7 Å². The van der Waals surface area contributed by atoms with E-state index in [1.54, 1.807) is 0 Å². The fourth-order valence-electron chi connectivity index (χ4n) is 2.31. The molecule has 0 aliphatic rings. The van der Waals surface area contributed by atoms with E-state index in [0.717, 1.165) is 16.2 Å². The lowest BCUT2D eigenvalue weighted by atomic mass is 10.2. The number of nitro groups is 1. The summed E-state index contributed by atoms with van der Waals surface area (Å²) in [6.07, 6.45) is 0. The summed E-state index contributed by atoms with van der Waals surface area (Å²) in [7, 11) is 0. The number of carbonyl (C=O) groups is 1. The summed E-state index contributed by atoms with van der Waals surface area (Å²) in [5.74, 6) is -1.10. The van der Waals surface area contributed by atoms with E-state index in [1.165, 1.54) is 12.1 Å². The molecule has 0 saturated carbocycles. The molecule has 0 aliphatic heterocycles. The van der Waals surface area contributed by atoms with Crippen LogP contribution in [0.25, 0.3) is 11.1 Å². The highest BCUT2D eigenvalue weighted by atomic mass is 16.6. The lowest BCUT2D eigenvalue weighted by Crippen LogP contribution is -2.30. The van der Waals surface area contributed by atoms with Crippen LogP contribution in [-0.2, 0) is 17.9 Å². The van der Waals surface area contributed by atoms with E-state index < -0.39 is 10.7 Å². The molecule has 0 radical (unpaired) electrons. The zero-order valence-electron chi connectivity index (χ0n) is 12.5. The number of hydrogen-bond acceptors (Lipinski definition) is 5. The first-order valence-corrected chi connectivity index (χ1v) is 7.13. The monoisotopic (exact) mass is 327 g/mol. The van der Waals surface area contributed by atoms with Crippen LogP contribution in [0.3, 0.4) is 0 Å². The van der Waals surface area contributed by atoms with Crippen molar-refractivity contribution >= 4 is 22.7 Å². The minimum Gasteiger partial charge on any atom is -0.407 e. The Morgan fingerprint density at radius 1 is 1.21 bits per heavy atom. The van der Waals surface area contributed by atoms with Crippen LogP contribution in [0.4, 0.5) is 5.69 Å². The highest BCUT2D eigenvalue weighted by molar-refractivity contribution is 5.80. The number of rotatable bonds is 5. The Morgan fingerprint density at radius 2 is 1.96 bits per heavy atom. The van der Waals surface area contributed by atoms with E-state index in [0.29, 0.717) is 12.1 Å². The smallest absolute Gasteiger partial charge is 0.407 e. The molecule has 8 heteroatoms. The zero-order chi connectivity index (χ0) is 17.1. The SMILES string of the molecule is O=C(Cn1c(=O)oc2cc([N+](=O)[O-])ccc21)NCc1ccccc1. The van der Waals surface area contributed by atoms with Gasteiger partial charge in [-0.3, -0.25) is 19.5 Å². The maximum Gasteiger partial charge on any atom is 0.420 e. The van der Waals surface area contributed by atoms with Crippen LogP contribution in [0.5, 0.6) is 0 Å². The number of aromatic nitrogens is 1. The van der Waals surface area contributed by atoms with Crippen molar-refractivity contribution in [1.82, 2.24) is 9.88 Å². The van der Waals surface area contributed by atoms with Gasteiger partial charge < -0.3 is 9.73 Å². The average molecular weight is 327 g/mol. The topological polar surface area (TPSA) is 107 Å². The Hall–Kier alpha value is -3.42. The van der Waals surface area contributed by atoms with Gasteiger partial charge in [0.25, 0.3) is 5.69 Å². The Bertz CT molecular complexity index is 959. The van der Waals surface area contributed by atoms with Crippen molar-refractivity contribution in [2.24, 2.45) is 0 Å². The summed E-state index contributed by atoms with van der Waals surface area (Å²) in [5, 5.41) is 13.5. The summed E-state index contributed by atoms with van der Waals surface area (Å²) in [5.41, 5.74) is 1.16. The first-order valence-electron chi connectivity index (χ1n) is 7.13. The molecule has 0 fully saturated rings. The molecule has 3 aromatic rings. The number of amides is 1. The largest absolute Gasteiger partial charge is 0.420 e. The van der Waals surface area contributed by atoms with Crippen LogP contribution in [0.1, 0.15) is 5.56 Å². The van der Waals surface area contributed by atoms with E-state index in [1.807, 2.05) is 30.3 Å². The summed E-state index contributed by atoms with van der Waals surface area (Å²) >= 11 is 0. The summed E-state index contributed by atoms with van der Waals surface area (Å²) in [6.45, 7) is 0.117. The van der Waals surface area contributed by atoms with Crippen LogP contribution >= 0.6 is 0 Å². The molecule has 24 heavy (non-hydrogen) atoms. The van der Waals surface area contributed by atoms with E-state index >= 15 is 0 Å². The van der Waals surface area contributed by atoms with Gasteiger partial charge in [0.05, 0.1) is 16.5 Å². The van der Waals surface area contributed by atoms with Gasteiger partial charge in [0.15, 0.2) is 5.58 Å². The molecule has 0 spiro atoms. The van der Waals surface area contributed by atoms with Gasteiger partial charge in [0, 0.05) is 12.6 Å². The molecular weight excluding hydrogens is 314 g/mol. The number of carbonyl (C=O) groups excluding carboxylic acids is 1. The average Bonchev–Trinajstić information content (AvgIpc) is 2.89. The summed E-state index contributed by atoms with van der Waals surface area (Å²) < 4.78 is 6.11. The minimum absolute atomic E-state index is 0.0741. The van der Waals surface area contributed by atoms with Crippen molar-refractivity contribution in [3.8, 4) is 0 Å². The Labute approximate surface area is 135 Å². The van der Waals surface area contributed by atoms with Crippen molar-refractivity contribution in [2.45, 2.75) is 13.1 Å². The maximum atomic E-state index is 12.0. The molecule has 1 aromatic heterocycles. The van der Waals surface area contributed by atoms with Gasteiger partial charge in [-0.2, -0.15) is 0 Å². The summed E-state index contributed by atoms with van der Waals surface area (Å²) in [4.78, 5) is 34.1. The zero-order valence-corrected chi connectivity index (χ0v) is 12.5. The number of fused-ring (bicyclic) bond motifs is 1. The van der Waals surface area contributed by atoms with Crippen LogP contribution in [-0.4, -0.2) is 15.4 Å². The van der Waals surface area contributed by atoms with Gasteiger partial charge in [-0.1, -0.05) is 30.3 Å². The molecule has 1 amide bonds. The third kappa shape index (κ3) is 3.17. The van der Waals surface area contributed by atoms with E-state index in [9.17, 15) is 19.7 Å². The molecule has 2 aromatic carbocycles. The van der Waals surface area contributed by atoms with E-state index in [2.05, 4.69) is 5.32 Å². The van der Waals surface area contributed by atoms with Crippen LogP contribution < -0.4 is 11.1 Å². The lowest BCUT2D eigenvalue weighted by molar-refractivity contribution is -0.384. The number of nitrogens with one attached hydrogen (secondary N) is 1. The second-order valence-corrected chi connectivity index (χ2v) is 5.13. The predicted molar refractivity (Wildman–Crippen MR) is 85.4 cm³/mol. The van der Waals surface area contributed by atoms with Gasteiger partial charge >= 0.3 is 5.76 Å². The molecule has 3 rings (SSSR count). The minimum atomic E-state index is -0.736. The van der Waals surface area contributed by atoms with Crippen LogP contribution in [0, 0.1) is 10.1 Å². The first-order chi connectivity index (χ1) is 11.5. The summed E-state index contributed by atoms with van der Waals surface area (Å²) in [6, 6.07) is 13.2. The van der Waals surface area contributed by atoms with Gasteiger partial charge in [-0.15, -0.1) is 0 Å². The standard InChI is InChI=1S/C16H13N3O5/c20-15(17-9-11-4-2-1-3-5-11)10-18-13-7-6-12(19(22)23)8-14(13)24-16(18)21/h1-8H,9-10H2,(H,17,20). The Kier molecular flexibility index (Phi) is 4.11. The highest BCUT2D eigenvalue weighted by Gasteiger charge is 2.16. The van der Waals surface area contributed by atoms with Crippen molar-refractivity contribution < 1.29 is 14.1 Å². The number of benzene rings is 2. The van der Waals surface area contributed by atoms with Gasteiger partial charge in [0.2, 0.25) is 5.91 Å². The molecular formula is C16H13N3O5. The third-order valence-electron chi connectivity index (χ3n) is 3.50. The normalized spacial score (nSPS) is 10.7. The Balaban J connectivity index is 1.77. The fourth-order valence-corrected chi connectivity index (χ4v) is 2.31. The number of oxazole rings is 1. The lowest BCUT2D eigenvalue weighted by Gasteiger charge is -2.05. The van der Waals surface area contributed by atoms with Gasteiger partial charge in [-0.05, 0) is 11.6 Å². The van der Waals surface area contributed by atoms with Crippen molar-refractivity contribution in [3.63, 3.8) is 0 Å². The quantitative estimate of drug-likeness (QED) is 0.568. The van der Waals surface area contributed by atoms with Gasteiger partial charge in [-0.25, -0.2) is 4.79 Å². The molecule has 122 valence electrons. The number of nitrogens with zero attached hydrogens (tertiary/aromatic N) is 2. The van der Waals surface area contributed by atoms with E-state index in [4.69, 9.17) is 4.42 Å². The second-order valence-electron chi connectivity index (χ2n) is 5.13. The number of nitro benzene ring substituents is 1. The molecule has 0 unspecified atom stereocenters. The van der Waals surface area contributed by atoms with E-state index in [-0.39, 0.29) is 23.7 Å². The molecule has 1 heterocycles. The van der Waals surface area contributed by atoms with Crippen molar-refractivity contribution in [2.75, 3.05) is 0 Å². The number of hydrogen-bond donors (Lipinski definition) is 1.